The molecule has 1 aromatic rings. The highest BCUT2D eigenvalue weighted by atomic mass is 35.5. The number of amides is 1. The molecule has 0 saturated carbocycles. The van der Waals surface area contributed by atoms with Gasteiger partial charge in [0.15, 0.2) is 0 Å². The average molecular weight is 361 g/mol. The summed E-state index contributed by atoms with van der Waals surface area (Å²) < 4.78 is 25.3. The maximum Gasteiger partial charge on any atom is 0.240 e. The molecule has 1 amide bonds. The van der Waals surface area contributed by atoms with Gasteiger partial charge in [0.25, 0.3) is 0 Å². The van der Waals surface area contributed by atoms with Gasteiger partial charge in [0, 0.05) is 6.54 Å². The number of benzene rings is 1. The molecular formula is C16H25ClN2O3S. The molecule has 0 spiro atoms. The summed E-state index contributed by atoms with van der Waals surface area (Å²) in [6.45, 7) is 8.03. The number of carbonyl (C=O) groups excluding carboxylic acids is 1. The lowest BCUT2D eigenvalue weighted by atomic mass is 10.1. The first-order valence-corrected chi connectivity index (χ1v) is 9.76. The Hall–Kier alpha value is -1.27. The van der Waals surface area contributed by atoms with Crippen molar-refractivity contribution in [1.29, 1.82) is 0 Å². The summed E-state index contributed by atoms with van der Waals surface area (Å²) in [4.78, 5) is 12.1. The summed E-state index contributed by atoms with van der Waals surface area (Å²) in [6, 6.07) is 3.54. The normalized spacial score (nSPS) is 11.6. The smallest absolute Gasteiger partial charge is 0.240 e. The van der Waals surface area contributed by atoms with Gasteiger partial charge in [0.1, 0.15) is 6.54 Å². The Morgan fingerprint density at radius 1 is 1.30 bits per heavy atom. The van der Waals surface area contributed by atoms with E-state index in [2.05, 4.69) is 19.2 Å². The number of carbonyl (C=O) groups is 1. The number of hydrogen-bond acceptors (Lipinski definition) is 3. The van der Waals surface area contributed by atoms with Crippen molar-refractivity contribution in [3.8, 4) is 0 Å². The van der Waals surface area contributed by atoms with E-state index < -0.39 is 10.0 Å². The molecule has 0 aliphatic rings. The van der Waals surface area contributed by atoms with Gasteiger partial charge >= 0.3 is 0 Å². The van der Waals surface area contributed by atoms with Crippen LogP contribution in [0.3, 0.4) is 0 Å². The zero-order valence-electron chi connectivity index (χ0n) is 14.3. The van der Waals surface area contributed by atoms with Crippen molar-refractivity contribution in [2.75, 3.05) is 23.7 Å². The van der Waals surface area contributed by atoms with Crippen LogP contribution < -0.4 is 9.62 Å². The number of halogens is 1. The maximum atomic E-state index is 12.1. The number of anilines is 1. The lowest BCUT2D eigenvalue weighted by molar-refractivity contribution is -0.119. The fraction of sp³-hybridized carbons (Fsp3) is 0.562. The molecular weight excluding hydrogens is 336 g/mol. The quantitative estimate of drug-likeness (QED) is 0.813. The van der Waals surface area contributed by atoms with Crippen molar-refractivity contribution in [2.24, 2.45) is 5.92 Å². The Kier molecular flexibility index (Phi) is 6.89. The van der Waals surface area contributed by atoms with Gasteiger partial charge in [-0.1, -0.05) is 31.5 Å². The first-order chi connectivity index (χ1) is 10.5. The molecule has 1 N–H and O–H groups in total. The Morgan fingerprint density at radius 2 is 1.91 bits per heavy atom. The summed E-state index contributed by atoms with van der Waals surface area (Å²) in [5.74, 6) is 0.127. The molecule has 0 heterocycles. The lowest BCUT2D eigenvalue weighted by Gasteiger charge is -2.25. The van der Waals surface area contributed by atoms with E-state index >= 15 is 0 Å². The van der Waals surface area contributed by atoms with Gasteiger partial charge in [-0.25, -0.2) is 8.42 Å². The van der Waals surface area contributed by atoms with Crippen LogP contribution in [0.1, 0.15) is 31.4 Å². The van der Waals surface area contributed by atoms with Crippen LogP contribution in [0.25, 0.3) is 0 Å². The van der Waals surface area contributed by atoms with Crippen molar-refractivity contribution in [3.05, 3.63) is 28.3 Å². The van der Waals surface area contributed by atoms with Crippen molar-refractivity contribution in [1.82, 2.24) is 5.32 Å². The largest absolute Gasteiger partial charge is 0.355 e. The Labute approximate surface area is 144 Å². The van der Waals surface area contributed by atoms with Crippen LogP contribution in [0.5, 0.6) is 0 Å². The van der Waals surface area contributed by atoms with E-state index in [1.54, 1.807) is 13.0 Å². The van der Waals surface area contributed by atoms with E-state index in [0.29, 0.717) is 23.2 Å². The van der Waals surface area contributed by atoms with Crippen LogP contribution in [-0.4, -0.2) is 33.7 Å². The fourth-order valence-electron chi connectivity index (χ4n) is 2.27. The molecule has 0 aliphatic heterocycles. The van der Waals surface area contributed by atoms with Gasteiger partial charge in [0.2, 0.25) is 15.9 Å². The number of hydrogen-bond donors (Lipinski definition) is 1. The minimum Gasteiger partial charge on any atom is -0.355 e. The predicted octanol–water partition coefficient (Wildman–Crippen LogP) is 2.89. The molecule has 0 radical (unpaired) electrons. The van der Waals surface area contributed by atoms with Crippen LogP contribution in [-0.2, 0) is 14.8 Å². The van der Waals surface area contributed by atoms with Crippen LogP contribution in [0.4, 0.5) is 5.69 Å². The first-order valence-electron chi connectivity index (χ1n) is 7.53. The Balaban J connectivity index is 3.02. The first kappa shape index (κ1) is 19.8. The number of sulfonamides is 1. The second-order valence-corrected chi connectivity index (χ2v) is 8.53. The fourth-order valence-corrected chi connectivity index (χ4v) is 3.67. The van der Waals surface area contributed by atoms with Gasteiger partial charge in [-0.3, -0.25) is 9.10 Å². The molecule has 1 rings (SSSR count). The van der Waals surface area contributed by atoms with Gasteiger partial charge in [0.05, 0.1) is 17.0 Å². The highest BCUT2D eigenvalue weighted by molar-refractivity contribution is 7.92. The molecule has 130 valence electrons. The van der Waals surface area contributed by atoms with Crippen molar-refractivity contribution in [3.63, 3.8) is 0 Å². The van der Waals surface area contributed by atoms with Gasteiger partial charge in [-0.15, -0.1) is 0 Å². The summed E-state index contributed by atoms with van der Waals surface area (Å²) in [7, 11) is -3.62. The standard InChI is InChI=1S/C16H25ClN2O3S/c1-11(2)6-7-18-15(20)10-19(23(5,21)22)16-13(4)8-12(3)9-14(16)17/h8-9,11H,6-7,10H2,1-5H3,(H,18,20). The third-order valence-corrected chi connectivity index (χ3v) is 4.78. The van der Waals surface area contributed by atoms with E-state index in [-0.39, 0.29) is 12.5 Å². The van der Waals surface area contributed by atoms with E-state index in [1.807, 2.05) is 13.0 Å². The molecule has 0 aromatic heterocycles. The highest BCUT2D eigenvalue weighted by Gasteiger charge is 2.24. The zero-order chi connectivity index (χ0) is 17.8. The minimum atomic E-state index is -3.62. The zero-order valence-corrected chi connectivity index (χ0v) is 15.9. The molecule has 1 aromatic carbocycles. The lowest BCUT2D eigenvalue weighted by Crippen LogP contribution is -2.41. The van der Waals surface area contributed by atoms with Crippen LogP contribution in [0.15, 0.2) is 12.1 Å². The molecule has 0 fully saturated rings. The molecule has 23 heavy (non-hydrogen) atoms. The average Bonchev–Trinajstić information content (AvgIpc) is 2.34. The SMILES string of the molecule is Cc1cc(C)c(N(CC(=O)NCCC(C)C)S(C)(=O)=O)c(Cl)c1. The highest BCUT2D eigenvalue weighted by Crippen LogP contribution is 2.32. The Bertz CT molecular complexity index is 649. The predicted molar refractivity (Wildman–Crippen MR) is 95.6 cm³/mol. The topological polar surface area (TPSA) is 66.5 Å². The van der Waals surface area contributed by atoms with E-state index in [9.17, 15) is 13.2 Å². The summed E-state index contributed by atoms with van der Waals surface area (Å²) in [6.07, 6.45) is 1.92. The number of nitrogens with zero attached hydrogens (tertiary/aromatic N) is 1. The minimum absolute atomic E-state index is 0.277. The molecule has 0 saturated heterocycles. The van der Waals surface area contributed by atoms with Crippen LogP contribution in [0, 0.1) is 19.8 Å². The third-order valence-electron chi connectivity index (χ3n) is 3.38. The number of rotatable bonds is 7. The third kappa shape index (κ3) is 6.03. The monoisotopic (exact) mass is 360 g/mol. The van der Waals surface area contributed by atoms with Crippen molar-refractivity contribution in [2.45, 2.75) is 34.1 Å². The van der Waals surface area contributed by atoms with Crippen LogP contribution >= 0.6 is 11.6 Å². The molecule has 0 unspecified atom stereocenters. The van der Waals surface area contributed by atoms with Crippen molar-refractivity contribution >= 4 is 33.2 Å². The van der Waals surface area contributed by atoms with E-state index in [1.165, 1.54) is 0 Å². The molecule has 0 aliphatic carbocycles. The molecule has 7 heteroatoms. The number of aryl methyl sites for hydroxylation is 2. The number of nitrogens with one attached hydrogen (secondary N) is 1. The Morgan fingerprint density at radius 3 is 2.39 bits per heavy atom. The molecule has 0 bridgehead atoms. The van der Waals surface area contributed by atoms with Gasteiger partial charge < -0.3 is 5.32 Å². The molecule has 0 atom stereocenters. The second-order valence-electron chi connectivity index (χ2n) is 6.21. The summed E-state index contributed by atoms with van der Waals surface area (Å²) in [5, 5.41) is 3.07. The molecule has 5 nitrogen and oxygen atoms in total. The van der Waals surface area contributed by atoms with E-state index in [4.69, 9.17) is 11.6 Å². The van der Waals surface area contributed by atoms with Crippen LogP contribution in [0.2, 0.25) is 5.02 Å². The van der Waals surface area contributed by atoms with E-state index in [0.717, 1.165) is 28.1 Å². The summed E-state index contributed by atoms with van der Waals surface area (Å²) >= 11 is 6.23. The maximum absolute atomic E-state index is 12.1. The van der Waals surface area contributed by atoms with Crippen molar-refractivity contribution < 1.29 is 13.2 Å². The second kappa shape index (κ2) is 8.02. The summed E-state index contributed by atoms with van der Waals surface area (Å²) in [5.41, 5.74) is 2.01. The van der Waals surface area contributed by atoms with Gasteiger partial charge in [-0.2, -0.15) is 0 Å². The van der Waals surface area contributed by atoms with Gasteiger partial charge in [-0.05, 0) is 43.4 Å².